The first-order chi connectivity index (χ1) is 13.6. The van der Waals surface area contributed by atoms with Gasteiger partial charge in [0.15, 0.2) is 0 Å². The lowest BCUT2D eigenvalue weighted by Crippen LogP contribution is -2.51. The van der Waals surface area contributed by atoms with Crippen molar-refractivity contribution in [2.45, 2.75) is 30.9 Å². The molecule has 2 aliphatic heterocycles. The van der Waals surface area contributed by atoms with Crippen LogP contribution in [-0.4, -0.2) is 34.8 Å². The molecule has 2 aliphatic rings. The molecule has 1 atom stereocenters. The first-order valence-corrected chi connectivity index (χ1v) is 10.4. The van der Waals surface area contributed by atoms with Gasteiger partial charge in [0, 0.05) is 21.8 Å². The van der Waals surface area contributed by atoms with E-state index >= 15 is 0 Å². The van der Waals surface area contributed by atoms with Crippen molar-refractivity contribution in [1.82, 2.24) is 20.8 Å². The molecule has 5 rings (SSSR count). The molecule has 1 amide bonds. The van der Waals surface area contributed by atoms with Crippen LogP contribution >= 0.6 is 40.7 Å². The van der Waals surface area contributed by atoms with Crippen molar-refractivity contribution in [3.8, 4) is 5.75 Å². The number of benzene rings is 2. The summed E-state index contributed by atoms with van der Waals surface area (Å²) in [6.07, 6.45) is 4.37. The Morgan fingerprint density at radius 3 is 2.80 bits per heavy atom. The predicted octanol–water partition coefficient (Wildman–Crippen LogP) is 4.54. The Kier molecular flexibility index (Phi) is 6.97. The first-order valence-electron chi connectivity index (χ1n) is 9.56. The molecular weight excluding hydrogens is 491 g/mol. The van der Waals surface area contributed by atoms with E-state index in [0.29, 0.717) is 5.56 Å². The average molecular weight is 514 g/mol. The van der Waals surface area contributed by atoms with Crippen LogP contribution in [0.5, 0.6) is 5.75 Å². The molecule has 3 N–H and O–H groups in total. The number of hydrogen-bond donors (Lipinski definition) is 3. The second kappa shape index (κ2) is 9.14. The van der Waals surface area contributed by atoms with Gasteiger partial charge in [0.1, 0.15) is 11.4 Å². The van der Waals surface area contributed by atoms with E-state index < -0.39 is 0 Å². The zero-order valence-electron chi connectivity index (χ0n) is 16.1. The highest BCUT2D eigenvalue weighted by Gasteiger charge is 2.42. The lowest BCUT2D eigenvalue weighted by Gasteiger charge is -2.44. The zero-order chi connectivity index (χ0) is 19.1. The second-order valence-corrected chi connectivity index (χ2v) is 8.50. The number of carbonyl (C=O) groups is 1. The highest BCUT2D eigenvalue weighted by Crippen LogP contribution is 2.44. The van der Waals surface area contributed by atoms with Crippen molar-refractivity contribution in [2.75, 3.05) is 13.1 Å². The Balaban J connectivity index is 0.00000128. The van der Waals surface area contributed by atoms with Crippen molar-refractivity contribution in [3.63, 3.8) is 0 Å². The zero-order valence-corrected chi connectivity index (χ0v) is 19.3. The van der Waals surface area contributed by atoms with Crippen LogP contribution in [0.2, 0.25) is 0 Å². The molecule has 1 fully saturated rings. The molecule has 30 heavy (non-hydrogen) atoms. The largest absolute Gasteiger partial charge is 0.487 e. The number of para-hydroxylation sites is 1. The Morgan fingerprint density at radius 2 is 2.00 bits per heavy atom. The van der Waals surface area contributed by atoms with Crippen LogP contribution in [0.4, 0.5) is 0 Å². The average Bonchev–Trinajstić information content (AvgIpc) is 3.18. The summed E-state index contributed by atoms with van der Waals surface area (Å²) < 4.78 is 7.44. The summed E-state index contributed by atoms with van der Waals surface area (Å²) in [6.45, 7) is 1.86. The van der Waals surface area contributed by atoms with Gasteiger partial charge in [-0.1, -0.05) is 28.1 Å². The van der Waals surface area contributed by atoms with E-state index in [4.69, 9.17) is 4.74 Å². The van der Waals surface area contributed by atoms with Gasteiger partial charge in [0.05, 0.1) is 23.3 Å². The lowest BCUT2D eigenvalue weighted by atomic mass is 9.81. The highest BCUT2D eigenvalue weighted by molar-refractivity contribution is 9.10. The fraction of sp³-hybridized carbons (Fsp3) is 0.333. The first kappa shape index (κ1) is 22.9. The van der Waals surface area contributed by atoms with Gasteiger partial charge >= 0.3 is 0 Å². The van der Waals surface area contributed by atoms with Crippen LogP contribution in [0.1, 0.15) is 41.2 Å². The van der Waals surface area contributed by atoms with Crippen LogP contribution in [0.25, 0.3) is 10.9 Å². The normalized spacial score (nSPS) is 19.2. The number of fused-ring (bicyclic) bond motifs is 2. The summed E-state index contributed by atoms with van der Waals surface area (Å²) in [4.78, 5) is 13.2. The molecule has 0 aliphatic carbocycles. The van der Waals surface area contributed by atoms with Crippen LogP contribution in [0.15, 0.2) is 47.1 Å². The van der Waals surface area contributed by atoms with E-state index in [1.807, 2.05) is 36.4 Å². The quantitative estimate of drug-likeness (QED) is 0.470. The van der Waals surface area contributed by atoms with Crippen molar-refractivity contribution in [2.24, 2.45) is 0 Å². The summed E-state index contributed by atoms with van der Waals surface area (Å²) in [5.41, 5.74) is 2.16. The third-order valence-corrected chi connectivity index (χ3v) is 6.28. The molecule has 6 nitrogen and oxygen atoms in total. The number of halogens is 3. The van der Waals surface area contributed by atoms with Gasteiger partial charge in [-0.3, -0.25) is 9.89 Å². The summed E-state index contributed by atoms with van der Waals surface area (Å²) in [5.74, 6) is 0.762. The SMILES string of the molecule is Cl.Cl.O=C(N[C@H]1CC2(CCNCC2)Oc2ccc(Br)cc21)c1cccc2cn[nH]c12. The van der Waals surface area contributed by atoms with Gasteiger partial charge in [-0.15, -0.1) is 24.8 Å². The maximum atomic E-state index is 13.2. The minimum atomic E-state index is -0.232. The van der Waals surface area contributed by atoms with Gasteiger partial charge in [0.25, 0.3) is 5.91 Å². The molecule has 0 radical (unpaired) electrons. The van der Waals surface area contributed by atoms with E-state index in [-0.39, 0.29) is 42.4 Å². The minimum Gasteiger partial charge on any atom is -0.487 e. The van der Waals surface area contributed by atoms with E-state index in [1.165, 1.54) is 0 Å². The summed E-state index contributed by atoms with van der Waals surface area (Å²) in [6, 6.07) is 11.6. The molecule has 1 saturated heterocycles. The summed E-state index contributed by atoms with van der Waals surface area (Å²) >= 11 is 3.55. The third-order valence-electron chi connectivity index (χ3n) is 5.79. The lowest BCUT2D eigenvalue weighted by molar-refractivity contribution is 0.00362. The molecule has 160 valence electrons. The molecule has 9 heteroatoms. The number of nitrogens with zero attached hydrogens (tertiary/aromatic N) is 1. The Hall–Kier alpha value is -1.80. The second-order valence-electron chi connectivity index (χ2n) is 7.59. The van der Waals surface area contributed by atoms with Crippen LogP contribution in [-0.2, 0) is 0 Å². The van der Waals surface area contributed by atoms with Crippen molar-refractivity contribution >= 4 is 57.6 Å². The molecule has 2 aromatic carbocycles. The minimum absolute atomic E-state index is 0. The molecule has 1 spiro atoms. The van der Waals surface area contributed by atoms with Crippen molar-refractivity contribution in [3.05, 3.63) is 58.2 Å². The monoisotopic (exact) mass is 512 g/mol. The van der Waals surface area contributed by atoms with E-state index in [2.05, 4.69) is 36.8 Å². The van der Waals surface area contributed by atoms with Gasteiger partial charge in [0.2, 0.25) is 0 Å². The Labute approximate surface area is 195 Å². The number of carbonyl (C=O) groups excluding carboxylic acids is 1. The maximum absolute atomic E-state index is 13.2. The van der Waals surface area contributed by atoms with E-state index in [0.717, 1.165) is 59.0 Å². The Morgan fingerprint density at radius 1 is 1.20 bits per heavy atom. The standard InChI is InChI=1S/C21H21BrN4O2.2ClH/c22-14-4-5-18-16(10-14)17(11-21(28-18)6-8-23-9-7-21)25-20(27)15-3-1-2-13-12-24-26-19(13)15;;/h1-5,10,12,17,23H,6-9,11H2,(H,24,26)(H,25,27);2*1H/t17-;;/m0../s1. The highest BCUT2D eigenvalue weighted by atomic mass is 79.9. The topological polar surface area (TPSA) is 79.0 Å². The number of aromatic nitrogens is 2. The van der Waals surface area contributed by atoms with Crippen LogP contribution in [0.3, 0.4) is 0 Å². The Bertz CT molecular complexity index is 1050. The maximum Gasteiger partial charge on any atom is 0.253 e. The molecule has 1 aromatic heterocycles. The molecule has 0 saturated carbocycles. The van der Waals surface area contributed by atoms with E-state index in [9.17, 15) is 4.79 Å². The smallest absolute Gasteiger partial charge is 0.253 e. The third kappa shape index (κ3) is 4.17. The number of hydrogen-bond acceptors (Lipinski definition) is 4. The molecule has 3 aromatic rings. The van der Waals surface area contributed by atoms with Gasteiger partial charge < -0.3 is 15.4 Å². The van der Waals surface area contributed by atoms with Crippen molar-refractivity contribution in [1.29, 1.82) is 0 Å². The number of H-pyrrole nitrogens is 1. The summed E-state index contributed by atoms with van der Waals surface area (Å²) in [7, 11) is 0. The number of amides is 1. The van der Waals surface area contributed by atoms with Crippen molar-refractivity contribution < 1.29 is 9.53 Å². The van der Waals surface area contributed by atoms with Gasteiger partial charge in [-0.2, -0.15) is 5.10 Å². The fourth-order valence-corrected chi connectivity index (χ4v) is 4.73. The predicted molar refractivity (Wildman–Crippen MR) is 125 cm³/mol. The number of nitrogens with one attached hydrogen (secondary N) is 3. The molecular formula is C21H23BrCl2N4O2. The van der Waals surface area contributed by atoms with Crippen LogP contribution < -0.4 is 15.4 Å². The van der Waals surface area contributed by atoms with Crippen LogP contribution in [0, 0.1) is 0 Å². The van der Waals surface area contributed by atoms with E-state index in [1.54, 1.807) is 6.20 Å². The fourth-order valence-electron chi connectivity index (χ4n) is 4.35. The molecule has 0 unspecified atom stereocenters. The number of ether oxygens (including phenoxy) is 1. The summed E-state index contributed by atoms with van der Waals surface area (Å²) in [5, 5.41) is 14.6. The number of rotatable bonds is 2. The molecule has 0 bridgehead atoms. The number of aromatic amines is 1. The van der Waals surface area contributed by atoms with Gasteiger partial charge in [-0.05, 0) is 50.2 Å². The van der Waals surface area contributed by atoms with Gasteiger partial charge in [-0.25, -0.2) is 0 Å². The number of piperidine rings is 1. The molecule has 3 heterocycles.